The van der Waals surface area contributed by atoms with Crippen molar-refractivity contribution in [3.05, 3.63) is 34.6 Å². The van der Waals surface area contributed by atoms with E-state index in [1.807, 2.05) is 0 Å². The van der Waals surface area contributed by atoms with Gasteiger partial charge in [0.15, 0.2) is 0 Å². The summed E-state index contributed by atoms with van der Waals surface area (Å²) >= 11 is 5.79. The van der Waals surface area contributed by atoms with Crippen molar-refractivity contribution in [1.29, 1.82) is 0 Å². The predicted molar refractivity (Wildman–Crippen MR) is 50.3 cm³/mol. The number of hydrogen-bond donors (Lipinski definition) is 2. The van der Waals surface area contributed by atoms with Crippen molar-refractivity contribution in [3.63, 3.8) is 0 Å². The SMILES string of the molecule is CNC(CO)c1ccc(F)cc1Cl. The van der Waals surface area contributed by atoms with E-state index in [9.17, 15) is 4.39 Å². The Morgan fingerprint density at radius 2 is 2.31 bits per heavy atom. The average molecular weight is 204 g/mol. The van der Waals surface area contributed by atoms with E-state index in [0.717, 1.165) is 0 Å². The fourth-order valence-corrected chi connectivity index (χ4v) is 1.43. The van der Waals surface area contributed by atoms with Crippen LogP contribution in [0.15, 0.2) is 18.2 Å². The summed E-state index contributed by atoms with van der Waals surface area (Å²) in [7, 11) is 1.71. The van der Waals surface area contributed by atoms with Crippen molar-refractivity contribution < 1.29 is 9.50 Å². The molecule has 0 aromatic heterocycles. The van der Waals surface area contributed by atoms with E-state index < -0.39 is 0 Å². The molecule has 1 aromatic rings. The van der Waals surface area contributed by atoms with E-state index in [2.05, 4.69) is 5.32 Å². The van der Waals surface area contributed by atoms with Crippen molar-refractivity contribution in [2.75, 3.05) is 13.7 Å². The Bertz CT molecular complexity index is 289. The molecule has 4 heteroatoms. The van der Waals surface area contributed by atoms with Crippen molar-refractivity contribution in [2.45, 2.75) is 6.04 Å². The normalized spacial score (nSPS) is 12.9. The van der Waals surface area contributed by atoms with E-state index in [-0.39, 0.29) is 18.5 Å². The van der Waals surface area contributed by atoms with Gasteiger partial charge in [-0.3, -0.25) is 0 Å². The topological polar surface area (TPSA) is 32.3 Å². The number of hydrogen-bond acceptors (Lipinski definition) is 2. The number of rotatable bonds is 3. The summed E-state index contributed by atoms with van der Waals surface area (Å²) in [5, 5.41) is 12.2. The Hall–Kier alpha value is -0.640. The van der Waals surface area contributed by atoms with Gasteiger partial charge in [0.2, 0.25) is 0 Å². The second-order valence-corrected chi connectivity index (χ2v) is 3.10. The highest BCUT2D eigenvalue weighted by Crippen LogP contribution is 2.23. The van der Waals surface area contributed by atoms with Gasteiger partial charge in [-0.25, -0.2) is 4.39 Å². The highest BCUT2D eigenvalue weighted by molar-refractivity contribution is 6.31. The lowest BCUT2D eigenvalue weighted by Crippen LogP contribution is -2.20. The number of likely N-dealkylation sites (N-methyl/N-ethyl adjacent to an activating group) is 1. The van der Waals surface area contributed by atoms with Gasteiger partial charge in [-0.05, 0) is 24.7 Å². The van der Waals surface area contributed by atoms with Crippen LogP contribution in [-0.4, -0.2) is 18.8 Å². The number of nitrogens with one attached hydrogen (secondary N) is 1. The molecule has 1 atom stereocenters. The second kappa shape index (κ2) is 4.56. The molecule has 0 radical (unpaired) electrons. The number of halogens is 2. The first-order valence-corrected chi connectivity index (χ1v) is 4.30. The minimum atomic E-state index is -0.374. The maximum atomic E-state index is 12.7. The summed E-state index contributed by atoms with van der Waals surface area (Å²) in [4.78, 5) is 0. The molecule has 0 saturated carbocycles. The lowest BCUT2D eigenvalue weighted by Gasteiger charge is -2.14. The average Bonchev–Trinajstić information content (AvgIpc) is 2.10. The fraction of sp³-hybridized carbons (Fsp3) is 0.333. The molecule has 0 aliphatic carbocycles. The molecular formula is C9H11ClFNO. The van der Waals surface area contributed by atoms with E-state index in [1.165, 1.54) is 12.1 Å². The minimum absolute atomic E-state index is 0.0676. The fourth-order valence-electron chi connectivity index (χ4n) is 1.13. The molecule has 72 valence electrons. The maximum Gasteiger partial charge on any atom is 0.124 e. The number of aliphatic hydroxyl groups excluding tert-OH is 1. The monoisotopic (exact) mass is 203 g/mol. The van der Waals surface area contributed by atoms with Crippen LogP contribution in [0.2, 0.25) is 5.02 Å². The van der Waals surface area contributed by atoms with Crippen LogP contribution in [0.4, 0.5) is 4.39 Å². The lowest BCUT2D eigenvalue weighted by atomic mass is 10.1. The van der Waals surface area contributed by atoms with Crippen LogP contribution in [0.3, 0.4) is 0 Å². The molecule has 0 saturated heterocycles. The predicted octanol–water partition coefficient (Wildman–Crippen LogP) is 1.73. The molecule has 0 aliphatic rings. The standard InChI is InChI=1S/C9H11ClFNO/c1-12-9(5-13)7-3-2-6(11)4-8(7)10/h2-4,9,12-13H,5H2,1H3. The third kappa shape index (κ3) is 2.40. The quantitative estimate of drug-likeness (QED) is 0.784. The van der Waals surface area contributed by atoms with Crippen LogP contribution in [0.25, 0.3) is 0 Å². The Morgan fingerprint density at radius 1 is 1.62 bits per heavy atom. The van der Waals surface area contributed by atoms with Crippen molar-refractivity contribution in [2.24, 2.45) is 0 Å². The van der Waals surface area contributed by atoms with Crippen LogP contribution in [0.1, 0.15) is 11.6 Å². The van der Waals surface area contributed by atoms with Crippen LogP contribution in [-0.2, 0) is 0 Å². The molecule has 0 fully saturated rings. The smallest absolute Gasteiger partial charge is 0.124 e. The van der Waals surface area contributed by atoms with Gasteiger partial charge in [0, 0.05) is 5.02 Å². The van der Waals surface area contributed by atoms with E-state index in [4.69, 9.17) is 16.7 Å². The van der Waals surface area contributed by atoms with Gasteiger partial charge >= 0.3 is 0 Å². The van der Waals surface area contributed by atoms with Gasteiger partial charge in [0.25, 0.3) is 0 Å². The minimum Gasteiger partial charge on any atom is -0.394 e. The van der Waals surface area contributed by atoms with Gasteiger partial charge in [-0.1, -0.05) is 17.7 Å². The zero-order valence-electron chi connectivity index (χ0n) is 7.22. The molecule has 0 heterocycles. The zero-order valence-corrected chi connectivity index (χ0v) is 7.98. The molecular weight excluding hydrogens is 193 g/mol. The number of aliphatic hydroxyl groups is 1. The molecule has 0 bridgehead atoms. The molecule has 2 N–H and O–H groups in total. The Balaban J connectivity index is 2.99. The zero-order chi connectivity index (χ0) is 9.84. The van der Waals surface area contributed by atoms with Crippen LogP contribution >= 0.6 is 11.6 Å². The van der Waals surface area contributed by atoms with Gasteiger partial charge < -0.3 is 10.4 Å². The largest absolute Gasteiger partial charge is 0.394 e. The molecule has 1 aromatic carbocycles. The van der Waals surface area contributed by atoms with Crippen molar-refractivity contribution in [1.82, 2.24) is 5.32 Å². The molecule has 2 nitrogen and oxygen atoms in total. The summed E-state index contributed by atoms with van der Waals surface area (Å²) < 4.78 is 12.7. The van der Waals surface area contributed by atoms with Crippen molar-refractivity contribution >= 4 is 11.6 Å². The molecule has 1 unspecified atom stereocenters. The number of benzene rings is 1. The summed E-state index contributed by atoms with van der Waals surface area (Å²) in [6.45, 7) is -0.0676. The van der Waals surface area contributed by atoms with Gasteiger partial charge in [0.1, 0.15) is 5.82 Å². The summed E-state index contributed by atoms with van der Waals surface area (Å²) in [6.07, 6.45) is 0. The third-order valence-corrected chi connectivity index (χ3v) is 2.20. The summed E-state index contributed by atoms with van der Waals surface area (Å²) in [5.74, 6) is -0.374. The van der Waals surface area contributed by atoms with E-state index in [1.54, 1.807) is 13.1 Å². The first-order valence-electron chi connectivity index (χ1n) is 3.92. The van der Waals surface area contributed by atoms with E-state index >= 15 is 0 Å². The molecule has 13 heavy (non-hydrogen) atoms. The first kappa shape index (κ1) is 10.4. The third-order valence-electron chi connectivity index (χ3n) is 1.87. The maximum absolute atomic E-state index is 12.7. The van der Waals surface area contributed by atoms with Gasteiger partial charge in [0.05, 0.1) is 12.6 Å². The summed E-state index contributed by atoms with van der Waals surface area (Å²) in [5.41, 5.74) is 0.702. The van der Waals surface area contributed by atoms with Crippen molar-refractivity contribution in [3.8, 4) is 0 Å². The molecule has 0 aliphatic heterocycles. The Labute approximate surface area is 81.3 Å². The van der Waals surface area contributed by atoms with E-state index in [0.29, 0.717) is 10.6 Å². The molecule has 0 spiro atoms. The highest BCUT2D eigenvalue weighted by Gasteiger charge is 2.11. The lowest BCUT2D eigenvalue weighted by molar-refractivity contribution is 0.251. The van der Waals surface area contributed by atoms with Gasteiger partial charge in [-0.15, -0.1) is 0 Å². The Morgan fingerprint density at radius 3 is 2.77 bits per heavy atom. The Kier molecular flexibility index (Phi) is 3.66. The summed E-state index contributed by atoms with van der Waals surface area (Å²) in [6, 6.07) is 3.88. The van der Waals surface area contributed by atoms with Gasteiger partial charge in [-0.2, -0.15) is 0 Å². The highest BCUT2D eigenvalue weighted by atomic mass is 35.5. The van der Waals surface area contributed by atoms with Crippen LogP contribution in [0.5, 0.6) is 0 Å². The first-order chi connectivity index (χ1) is 6.19. The molecule has 1 rings (SSSR count). The second-order valence-electron chi connectivity index (χ2n) is 2.69. The molecule has 0 amide bonds. The van der Waals surface area contributed by atoms with Crippen LogP contribution < -0.4 is 5.32 Å². The van der Waals surface area contributed by atoms with Crippen LogP contribution in [0, 0.1) is 5.82 Å².